The quantitative estimate of drug-likeness (QED) is 0.447. The molecule has 0 bridgehead atoms. The molecule has 0 aliphatic carbocycles. The minimum Gasteiger partial charge on any atom is -0.490 e. The smallest absolute Gasteiger partial charge is 0.247 e. The minimum absolute atomic E-state index is 0.0924. The van der Waals surface area contributed by atoms with Crippen LogP contribution in [0.15, 0.2) is 64.1 Å². The van der Waals surface area contributed by atoms with E-state index in [0.717, 1.165) is 10.0 Å². The van der Waals surface area contributed by atoms with Gasteiger partial charge in [0.2, 0.25) is 10.0 Å². The van der Waals surface area contributed by atoms with Gasteiger partial charge in [-0.2, -0.15) is 4.31 Å². The van der Waals surface area contributed by atoms with Crippen LogP contribution in [0.1, 0.15) is 17.7 Å². The van der Waals surface area contributed by atoms with Crippen LogP contribution >= 0.6 is 15.9 Å². The zero-order valence-electron chi connectivity index (χ0n) is 18.4. The van der Waals surface area contributed by atoms with E-state index < -0.39 is 16.1 Å². The van der Waals surface area contributed by atoms with Crippen LogP contribution < -0.4 is 4.74 Å². The first-order chi connectivity index (χ1) is 16.5. The molecule has 0 unspecified atom stereocenters. The van der Waals surface area contributed by atoms with Gasteiger partial charge in [-0.25, -0.2) is 8.42 Å². The molecule has 2 aliphatic rings. The van der Waals surface area contributed by atoms with Crippen molar-refractivity contribution in [2.45, 2.75) is 43.2 Å². The summed E-state index contributed by atoms with van der Waals surface area (Å²) in [5, 5.41) is 8.42. The maximum absolute atomic E-state index is 13.8. The van der Waals surface area contributed by atoms with Crippen molar-refractivity contribution in [2.75, 3.05) is 19.8 Å². The molecule has 1 atom stereocenters. The first-order valence-corrected chi connectivity index (χ1v) is 13.3. The van der Waals surface area contributed by atoms with Crippen molar-refractivity contribution >= 4 is 26.0 Å². The number of sulfonamides is 1. The van der Waals surface area contributed by atoms with Gasteiger partial charge in [-0.3, -0.25) is 4.68 Å². The van der Waals surface area contributed by atoms with Crippen LogP contribution in [0.4, 0.5) is 0 Å². The van der Waals surface area contributed by atoms with E-state index in [1.54, 1.807) is 29.1 Å². The number of halogens is 1. The number of hydrogen-bond donors (Lipinski definition) is 0. The Hall–Kier alpha value is -2.31. The van der Waals surface area contributed by atoms with Gasteiger partial charge in [0.25, 0.3) is 0 Å². The molecular weight excluding hydrogens is 524 g/mol. The lowest BCUT2D eigenvalue weighted by Gasteiger charge is -2.27. The number of aromatic nitrogens is 3. The summed E-state index contributed by atoms with van der Waals surface area (Å²) in [6, 6.07) is 14.4. The number of ether oxygens (including phenoxy) is 3. The van der Waals surface area contributed by atoms with Crippen LogP contribution in [0.5, 0.6) is 5.75 Å². The summed E-state index contributed by atoms with van der Waals surface area (Å²) in [4.78, 5) is 0.147. The zero-order chi connectivity index (χ0) is 23.5. The lowest BCUT2D eigenvalue weighted by molar-refractivity contribution is -0.0496. The Balaban J connectivity index is 1.41. The highest BCUT2D eigenvalue weighted by molar-refractivity contribution is 9.10. The van der Waals surface area contributed by atoms with Gasteiger partial charge < -0.3 is 14.2 Å². The SMILES string of the molecule is O=S1(=O)c2ccc(Br)cc2OC[C@@H](Cc2ccccc2)N1Cc1cn(CCC2OCCO2)nn1. The third-order valence-electron chi connectivity index (χ3n) is 5.83. The highest BCUT2D eigenvalue weighted by atomic mass is 79.9. The van der Waals surface area contributed by atoms with Crippen LogP contribution in [0, 0.1) is 0 Å². The normalized spacial score (nSPS) is 20.6. The summed E-state index contributed by atoms with van der Waals surface area (Å²) in [5.74, 6) is 0.343. The molecule has 2 aromatic carbocycles. The molecule has 0 amide bonds. The molecule has 0 saturated carbocycles. The molecule has 9 nitrogen and oxygen atoms in total. The van der Waals surface area contributed by atoms with Crippen molar-refractivity contribution in [3.05, 3.63) is 70.5 Å². The molecule has 180 valence electrons. The Morgan fingerprint density at radius 2 is 1.88 bits per heavy atom. The van der Waals surface area contributed by atoms with Crippen molar-refractivity contribution in [3.8, 4) is 5.75 Å². The van der Waals surface area contributed by atoms with Gasteiger partial charge in [0, 0.05) is 23.6 Å². The number of nitrogens with zero attached hydrogens (tertiary/aromatic N) is 4. The second kappa shape index (κ2) is 10.1. The molecule has 1 fully saturated rings. The third-order valence-corrected chi connectivity index (χ3v) is 8.26. The van der Waals surface area contributed by atoms with Gasteiger partial charge in [-0.1, -0.05) is 51.5 Å². The molecule has 0 N–H and O–H groups in total. The van der Waals surface area contributed by atoms with E-state index in [1.807, 2.05) is 30.3 Å². The molecule has 3 aromatic rings. The molecule has 1 aromatic heterocycles. The predicted octanol–water partition coefficient (Wildman–Crippen LogP) is 3.00. The highest BCUT2D eigenvalue weighted by Crippen LogP contribution is 2.35. The summed E-state index contributed by atoms with van der Waals surface area (Å²) in [5.41, 5.74) is 1.60. The lowest BCUT2D eigenvalue weighted by atomic mass is 10.1. The van der Waals surface area contributed by atoms with E-state index in [0.29, 0.717) is 44.0 Å². The molecule has 3 heterocycles. The Bertz CT molecular complexity index is 1230. The van der Waals surface area contributed by atoms with E-state index >= 15 is 0 Å². The molecular formula is C23H25BrN4O5S. The number of aryl methyl sites for hydroxylation is 1. The summed E-state index contributed by atoms with van der Waals surface area (Å²) in [6.45, 7) is 2.08. The van der Waals surface area contributed by atoms with E-state index in [4.69, 9.17) is 14.2 Å². The first kappa shape index (κ1) is 23.4. The van der Waals surface area contributed by atoms with E-state index in [9.17, 15) is 8.42 Å². The molecule has 34 heavy (non-hydrogen) atoms. The van der Waals surface area contributed by atoms with E-state index in [1.165, 1.54) is 4.31 Å². The molecule has 11 heteroatoms. The molecule has 0 spiro atoms. The van der Waals surface area contributed by atoms with Crippen LogP contribution in [0.25, 0.3) is 0 Å². The standard InChI is InChI=1S/C23H25BrN4O5S/c24-18-6-7-22-21(13-18)33-16-20(12-17-4-2-1-3-5-17)28(34(22,29)30)15-19-14-27(26-25-19)9-8-23-31-10-11-32-23/h1-7,13-14,20,23H,8-12,15-16H2/t20-/m1/s1. The van der Waals surface area contributed by atoms with Crippen LogP contribution in [0.3, 0.4) is 0 Å². The van der Waals surface area contributed by atoms with Crippen molar-refractivity contribution in [1.29, 1.82) is 0 Å². The monoisotopic (exact) mass is 548 g/mol. The fourth-order valence-electron chi connectivity index (χ4n) is 4.15. The summed E-state index contributed by atoms with van der Waals surface area (Å²) < 4.78 is 48.4. The summed E-state index contributed by atoms with van der Waals surface area (Å²) in [7, 11) is -3.85. The fraction of sp³-hybridized carbons (Fsp3) is 0.391. The summed E-state index contributed by atoms with van der Waals surface area (Å²) >= 11 is 3.41. The number of rotatable bonds is 7. The molecule has 2 aliphatic heterocycles. The Morgan fingerprint density at radius 3 is 2.68 bits per heavy atom. The van der Waals surface area contributed by atoms with Crippen LogP contribution in [0.2, 0.25) is 0 Å². The average molecular weight is 549 g/mol. The van der Waals surface area contributed by atoms with Gasteiger partial charge in [-0.15, -0.1) is 5.10 Å². The topological polar surface area (TPSA) is 95.8 Å². The Morgan fingerprint density at radius 1 is 1.09 bits per heavy atom. The Labute approximate surface area is 206 Å². The van der Waals surface area contributed by atoms with E-state index in [2.05, 4.69) is 26.2 Å². The predicted molar refractivity (Wildman–Crippen MR) is 127 cm³/mol. The van der Waals surface area contributed by atoms with Crippen molar-refractivity contribution < 1.29 is 22.6 Å². The largest absolute Gasteiger partial charge is 0.490 e. The fourth-order valence-corrected chi connectivity index (χ4v) is 6.19. The number of fused-ring (bicyclic) bond motifs is 1. The molecule has 1 saturated heterocycles. The second-order valence-electron chi connectivity index (χ2n) is 8.23. The van der Waals surface area contributed by atoms with Crippen LogP contribution in [-0.4, -0.2) is 59.9 Å². The maximum atomic E-state index is 13.8. The zero-order valence-corrected chi connectivity index (χ0v) is 20.8. The summed E-state index contributed by atoms with van der Waals surface area (Å²) in [6.07, 6.45) is 2.71. The van der Waals surface area contributed by atoms with Crippen LogP contribution in [-0.2, 0) is 39.0 Å². The van der Waals surface area contributed by atoms with Gasteiger partial charge in [0.15, 0.2) is 6.29 Å². The van der Waals surface area contributed by atoms with Crippen molar-refractivity contribution in [1.82, 2.24) is 19.3 Å². The number of benzene rings is 2. The second-order valence-corrected chi connectivity index (χ2v) is 11.0. The van der Waals surface area contributed by atoms with Gasteiger partial charge in [-0.05, 0) is 30.2 Å². The lowest BCUT2D eigenvalue weighted by Crippen LogP contribution is -2.42. The first-order valence-electron chi connectivity index (χ1n) is 11.1. The highest BCUT2D eigenvalue weighted by Gasteiger charge is 2.38. The minimum atomic E-state index is -3.85. The molecule has 5 rings (SSSR count). The van der Waals surface area contributed by atoms with Gasteiger partial charge in [0.05, 0.1) is 31.5 Å². The van der Waals surface area contributed by atoms with E-state index in [-0.39, 0.29) is 24.3 Å². The average Bonchev–Trinajstić information content (AvgIpc) is 3.49. The number of hydrogen-bond acceptors (Lipinski definition) is 7. The molecule has 0 radical (unpaired) electrons. The van der Waals surface area contributed by atoms with Gasteiger partial charge in [0.1, 0.15) is 17.3 Å². The van der Waals surface area contributed by atoms with Gasteiger partial charge >= 0.3 is 0 Å². The van der Waals surface area contributed by atoms with Crippen molar-refractivity contribution in [2.24, 2.45) is 0 Å². The Kier molecular flexibility index (Phi) is 6.98. The maximum Gasteiger partial charge on any atom is 0.247 e. The third kappa shape index (κ3) is 5.18. The van der Waals surface area contributed by atoms with Crippen molar-refractivity contribution in [3.63, 3.8) is 0 Å².